The quantitative estimate of drug-likeness (QED) is 0.485. The zero-order valence-corrected chi connectivity index (χ0v) is 19.4. The highest BCUT2D eigenvalue weighted by Crippen LogP contribution is 2.17. The normalized spacial score (nSPS) is 10.7. The number of halogens is 2. The van der Waals surface area contributed by atoms with Crippen molar-refractivity contribution in [1.82, 2.24) is 19.6 Å². The molecule has 148 valence electrons. The van der Waals surface area contributed by atoms with Gasteiger partial charge in [0, 0.05) is 32.1 Å². The van der Waals surface area contributed by atoms with Crippen LogP contribution >= 0.6 is 31.9 Å². The van der Waals surface area contributed by atoms with Crippen LogP contribution in [0.15, 0.2) is 21.3 Å². The first-order valence-corrected chi connectivity index (χ1v) is 11.2. The summed E-state index contributed by atoms with van der Waals surface area (Å²) in [6.07, 6.45) is 11.6. The number of hydrogen-bond donors (Lipinski definition) is 1. The molecule has 0 aromatic carbocycles. The monoisotopic (exact) mass is 490 g/mol. The fourth-order valence-electron chi connectivity index (χ4n) is 2.47. The van der Waals surface area contributed by atoms with Crippen LogP contribution < -0.4 is 0 Å². The minimum absolute atomic E-state index is 0.223. The molecule has 2 rings (SSSR count). The van der Waals surface area contributed by atoms with Crippen molar-refractivity contribution in [2.75, 3.05) is 6.61 Å². The number of aromatic nitrogens is 4. The van der Waals surface area contributed by atoms with Gasteiger partial charge in [-0.25, -0.2) is 0 Å². The van der Waals surface area contributed by atoms with Gasteiger partial charge >= 0.3 is 0 Å². The predicted octanol–water partition coefficient (Wildman–Crippen LogP) is 5.38. The fourth-order valence-corrected chi connectivity index (χ4v) is 3.50. The Balaban J connectivity index is 0.000000260. The van der Waals surface area contributed by atoms with Gasteiger partial charge in [0.05, 0.1) is 20.3 Å². The zero-order chi connectivity index (χ0) is 19.4. The highest BCUT2D eigenvalue weighted by Gasteiger charge is 2.05. The molecule has 0 aliphatic heterocycles. The number of nitrogens with zero attached hydrogens (tertiary/aromatic N) is 4. The molecule has 0 aliphatic rings. The van der Waals surface area contributed by atoms with Gasteiger partial charge in [-0.15, -0.1) is 0 Å². The molecule has 0 saturated heterocycles. The summed E-state index contributed by atoms with van der Waals surface area (Å²) in [7, 11) is 0. The van der Waals surface area contributed by atoms with Crippen LogP contribution in [0, 0.1) is 0 Å². The molecule has 0 atom stereocenters. The molecule has 0 saturated carbocycles. The summed E-state index contributed by atoms with van der Waals surface area (Å²) in [6.45, 7) is 8.57. The van der Waals surface area contributed by atoms with E-state index in [1.807, 2.05) is 15.6 Å². The van der Waals surface area contributed by atoms with Gasteiger partial charge in [0.15, 0.2) is 0 Å². The first kappa shape index (κ1) is 23.4. The van der Waals surface area contributed by atoms with Gasteiger partial charge in [-0.05, 0) is 57.5 Å². The van der Waals surface area contributed by atoms with Crippen molar-refractivity contribution in [1.29, 1.82) is 0 Å². The Hall–Kier alpha value is -0.660. The second-order valence-corrected chi connectivity index (χ2v) is 8.01. The number of aryl methyl sites for hydroxylation is 4. The van der Waals surface area contributed by atoms with E-state index in [0.717, 1.165) is 59.8 Å². The number of hydrogen-bond acceptors (Lipinski definition) is 3. The van der Waals surface area contributed by atoms with E-state index in [1.54, 1.807) is 0 Å². The third-order valence-electron chi connectivity index (χ3n) is 3.83. The number of aliphatic hydroxyl groups is 1. The Morgan fingerprint density at radius 3 is 1.65 bits per heavy atom. The van der Waals surface area contributed by atoms with Crippen LogP contribution in [0.2, 0.25) is 0 Å². The molecule has 0 amide bonds. The average molecular weight is 492 g/mol. The highest BCUT2D eigenvalue weighted by molar-refractivity contribution is 9.10. The number of rotatable bonds is 10. The molecule has 0 radical (unpaired) electrons. The van der Waals surface area contributed by atoms with Crippen molar-refractivity contribution in [3.63, 3.8) is 0 Å². The third-order valence-corrected chi connectivity index (χ3v) is 5.16. The van der Waals surface area contributed by atoms with E-state index in [0.29, 0.717) is 0 Å². The maximum absolute atomic E-state index is 8.65. The second-order valence-electron chi connectivity index (χ2n) is 6.30. The maximum atomic E-state index is 8.65. The van der Waals surface area contributed by atoms with Crippen LogP contribution in [-0.2, 0) is 25.9 Å². The molecule has 26 heavy (non-hydrogen) atoms. The van der Waals surface area contributed by atoms with Gasteiger partial charge in [0.25, 0.3) is 0 Å². The zero-order valence-electron chi connectivity index (χ0n) is 16.2. The summed E-state index contributed by atoms with van der Waals surface area (Å²) < 4.78 is 6.15. The Labute approximate surface area is 174 Å². The molecule has 0 fully saturated rings. The maximum Gasteiger partial charge on any atom is 0.0766 e. The third kappa shape index (κ3) is 8.35. The first-order valence-electron chi connectivity index (χ1n) is 9.60. The van der Waals surface area contributed by atoms with Gasteiger partial charge in [-0.1, -0.05) is 40.0 Å². The van der Waals surface area contributed by atoms with E-state index in [9.17, 15) is 0 Å². The Morgan fingerprint density at radius 1 is 0.808 bits per heavy atom. The summed E-state index contributed by atoms with van der Waals surface area (Å²) in [5.41, 5.74) is 2.30. The molecule has 0 bridgehead atoms. The van der Waals surface area contributed by atoms with Gasteiger partial charge < -0.3 is 5.11 Å². The van der Waals surface area contributed by atoms with Crippen molar-refractivity contribution >= 4 is 31.9 Å². The summed E-state index contributed by atoms with van der Waals surface area (Å²) >= 11 is 6.99. The van der Waals surface area contributed by atoms with Gasteiger partial charge in [0.2, 0.25) is 0 Å². The van der Waals surface area contributed by atoms with Gasteiger partial charge in [-0.3, -0.25) is 9.36 Å². The Kier molecular flexibility index (Phi) is 12.1. The van der Waals surface area contributed by atoms with E-state index in [1.165, 1.54) is 18.5 Å². The van der Waals surface area contributed by atoms with Gasteiger partial charge in [0.1, 0.15) is 0 Å². The average Bonchev–Trinajstić information content (AvgIpc) is 3.15. The number of aliphatic hydroxyl groups excluding tert-OH is 1. The van der Waals surface area contributed by atoms with E-state index >= 15 is 0 Å². The second kappa shape index (κ2) is 13.5. The molecule has 0 unspecified atom stereocenters. The van der Waals surface area contributed by atoms with Crippen LogP contribution in [0.1, 0.15) is 64.3 Å². The largest absolute Gasteiger partial charge is 0.396 e. The summed E-state index contributed by atoms with van der Waals surface area (Å²) in [5.74, 6) is 0. The van der Waals surface area contributed by atoms with E-state index < -0.39 is 0 Å². The molecular formula is C19H32Br2N4O. The minimum Gasteiger partial charge on any atom is -0.396 e. The van der Waals surface area contributed by atoms with Crippen LogP contribution in [-0.4, -0.2) is 31.3 Å². The summed E-state index contributed by atoms with van der Waals surface area (Å²) in [5, 5.41) is 17.6. The lowest BCUT2D eigenvalue weighted by molar-refractivity contribution is 0.277. The van der Waals surface area contributed by atoms with Crippen LogP contribution in [0.25, 0.3) is 0 Å². The van der Waals surface area contributed by atoms with E-state index in [-0.39, 0.29) is 6.61 Å². The highest BCUT2D eigenvalue weighted by atomic mass is 79.9. The SMILES string of the molecule is CCCCn1cc(Br)c(CCC)n1.CCCc1nn(CCCO)cc1Br. The minimum atomic E-state index is 0.223. The van der Waals surface area contributed by atoms with Crippen LogP contribution in [0.3, 0.4) is 0 Å². The van der Waals surface area contributed by atoms with Crippen molar-refractivity contribution in [2.24, 2.45) is 0 Å². The molecule has 0 aliphatic carbocycles. The lowest BCUT2D eigenvalue weighted by Crippen LogP contribution is -2.01. The van der Waals surface area contributed by atoms with E-state index in [4.69, 9.17) is 5.11 Å². The van der Waals surface area contributed by atoms with Crippen molar-refractivity contribution < 1.29 is 5.11 Å². The van der Waals surface area contributed by atoms with Crippen molar-refractivity contribution in [3.8, 4) is 0 Å². The number of unbranched alkanes of at least 4 members (excludes halogenated alkanes) is 1. The first-order chi connectivity index (χ1) is 12.5. The molecule has 0 spiro atoms. The molecule has 7 heteroatoms. The van der Waals surface area contributed by atoms with Crippen LogP contribution in [0.4, 0.5) is 0 Å². The molecular weight excluding hydrogens is 460 g/mol. The Bertz CT molecular complexity index is 571. The topological polar surface area (TPSA) is 55.9 Å². The fraction of sp³-hybridized carbons (Fsp3) is 0.684. The standard InChI is InChI=1S/C10H17BrN2.C9H15BrN2O/c1-3-5-7-13-8-9(11)10(12-13)6-4-2;1-2-4-9-8(10)7-12(11-9)5-3-6-13/h8H,3-7H2,1-2H3;7,13H,2-6H2,1H3. The lowest BCUT2D eigenvalue weighted by atomic mass is 10.3. The molecule has 2 heterocycles. The Morgan fingerprint density at radius 2 is 1.27 bits per heavy atom. The predicted molar refractivity (Wildman–Crippen MR) is 114 cm³/mol. The molecule has 2 aromatic heterocycles. The van der Waals surface area contributed by atoms with Crippen LogP contribution in [0.5, 0.6) is 0 Å². The smallest absolute Gasteiger partial charge is 0.0766 e. The lowest BCUT2D eigenvalue weighted by Gasteiger charge is -1.97. The summed E-state index contributed by atoms with van der Waals surface area (Å²) in [6, 6.07) is 0. The molecule has 1 N–H and O–H groups in total. The van der Waals surface area contributed by atoms with Crippen molar-refractivity contribution in [2.45, 2.75) is 78.8 Å². The summed E-state index contributed by atoms with van der Waals surface area (Å²) in [4.78, 5) is 0. The molecule has 2 aromatic rings. The van der Waals surface area contributed by atoms with E-state index in [2.05, 4.69) is 69.0 Å². The van der Waals surface area contributed by atoms with Gasteiger partial charge in [-0.2, -0.15) is 10.2 Å². The molecule has 5 nitrogen and oxygen atoms in total. The van der Waals surface area contributed by atoms with Crippen molar-refractivity contribution in [3.05, 3.63) is 32.7 Å².